The number of hydrogen-bond donors (Lipinski definition) is 1. The molecule has 1 N–H and O–H groups in total. The largest absolute Gasteiger partial charge is 0.504 e. The highest BCUT2D eigenvalue weighted by Crippen LogP contribution is 2.40. The zero-order valence-electron chi connectivity index (χ0n) is 14.4. The number of rotatable bonds is 3. The van der Waals surface area contributed by atoms with E-state index in [1.807, 2.05) is 18.0 Å². The van der Waals surface area contributed by atoms with Gasteiger partial charge < -0.3 is 14.7 Å². The molecule has 5 nitrogen and oxygen atoms in total. The fourth-order valence-corrected chi connectivity index (χ4v) is 3.85. The fourth-order valence-electron chi connectivity index (χ4n) is 3.85. The first kappa shape index (κ1) is 16.1. The van der Waals surface area contributed by atoms with Crippen molar-refractivity contribution in [3.05, 3.63) is 23.3 Å². The highest BCUT2D eigenvalue weighted by molar-refractivity contribution is 5.83. The number of aromatic hydroxyl groups is 1. The Morgan fingerprint density at radius 1 is 1.39 bits per heavy atom. The Morgan fingerprint density at radius 2 is 2.13 bits per heavy atom. The van der Waals surface area contributed by atoms with Crippen molar-refractivity contribution in [2.24, 2.45) is 5.92 Å². The second-order valence-electron chi connectivity index (χ2n) is 7.11. The molecule has 23 heavy (non-hydrogen) atoms. The summed E-state index contributed by atoms with van der Waals surface area (Å²) in [5.74, 6) is 1.38. The van der Waals surface area contributed by atoms with Crippen LogP contribution in [0, 0.1) is 5.92 Å². The van der Waals surface area contributed by atoms with Crippen molar-refractivity contribution in [2.45, 2.75) is 38.8 Å². The van der Waals surface area contributed by atoms with E-state index in [-0.39, 0.29) is 23.7 Å². The van der Waals surface area contributed by atoms with Gasteiger partial charge in [-0.1, -0.05) is 13.8 Å². The molecule has 0 bridgehead atoms. The van der Waals surface area contributed by atoms with E-state index in [0.717, 1.165) is 37.1 Å². The minimum atomic E-state index is -0.0215. The van der Waals surface area contributed by atoms with Crippen molar-refractivity contribution in [3.8, 4) is 11.5 Å². The lowest BCUT2D eigenvalue weighted by atomic mass is 9.87. The van der Waals surface area contributed by atoms with Gasteiger partial charge in [0.1, 0.15) is 0 Å². The lowest BCUT2D eigenvalue weighted by Crippen LogP contribution is -2.58. The molecule has 2 aliphatic heterocycles. The van der Waals surface area contributed by atoms with Crippen molar-refractivity contribution in [2.75, 3.05) is 27.2 Å². The van der Waals surface area contributed by atoms with Gasteiger partial charge in [0.05, 0.1) is 19.2 Å². The third-order valence-electron chi connectivity index (χ3n) is 5.05. The first-order valence-electron chi connectivity index (χ1n) is 8.32. The second-order valence-corrected chi connectivity index (χ2v) is 7.11. The third-order valence-corrected chi connectivity index (χ3v) is 5.05. The van der Waals surface area contributed by atoms with E-state index in [9.17, 15) is 9.90 Å². The monoisotopic (exact) mass is 318 g/mol. The van der Waals surface area contributed by atoms with Crippen molar-refractivity contribution in [3.63, 3.8) is 0 Å². The van der Waals surface area contributed by atoms with Gasteiger partial charge in [0, 0.05) is 13.1 Å². The van der Waals surface area contributed by atoms with Crippen molar-refractivity contribution < 1.29 is 14.6 Å². The molecule has 1 amide bonds. The molecule has 0 aromatic heterocycles. The molecule has 2 atom stereocenters. The molecule has 2 heterocycles. The number of carbonyl (C=O) groups excluding carboxylic acids is 1. The van der Waals surface area contributed by atoms with Crippen LogP contribution in [0.2, 0.25) is 0 Å². The summed E-state index contributed by atoms with van der Waals surface area (Å²) in [6, 6.07) is 3.71. The number of benzene rings is 1. The molecule has 0 spiro atoms. The molecule has 0 unspecified atom stereocenters. The minimum Gasteiger partial charge on any atom is -0.504 e. The van der Waals surface area contributed by atoms with E-state index < -0.39 is 0 Å². The standard InChI is InChI=1S/C18H26N2O3/c1-11(2)7-14-18(22)20-6-5-12-8-16(21)17(23-4)9-13(12)15(20)10-19(14)3/h8-9,11,14-15,21H,5-7,10H2,1-4H3/t14-,15+/m1/s1. The summed E-state index contributed by atoms with van der Waals surface area (Å²) in [4.78, 5) is 17.1. The van der Waals surface area contributed by atoms with Crippen LogP contribution in [0.5, 0.6) is 11.5 Å². The lowest BCUT2D eigenvalue weighted by Gasteiger charge is -2.47. The molecule has 0 radical (unpaired) electrons. The summed E-state index contributed by atoms with van der Waals surface area (Å²) in [6.07, 6.45) is 1.68. The zero-order chi connectivity index (χ0) is 16.7. The highest BCUT2D eigenvalue weighted by Gasteiger charge is 2.42. The summed E-state index contributed by atoms with van der Waals surface area (Å²) in [7, 11) is 3.59. The number of nitrogens with zero attached hydrogens (tertiary/aromatic N) is 2. The van der Waals surface area contributed by atoms with Gasteiger partial charge in [-0.2, -0.15) is 0 Å². The van der Waals surface area contributed by atoms with Crippen LogP contribution >= 0.6 is 0 Å². The Labute approximate surface area is 137 Å². The molecular weight excluding hydrogens is 292 g/mol. The Hall–Kier alpha value is -1.75. The SMILES string of the molecule is COc1cc2c(cc1O)CCN1C(=O)[C@@H](CC(C)C)N(C)C[C@@H]21. The van der Waals surface area contributed by atoms with E-state index >= 15 is 0 Å². The van der Waals surface area contributed by atoms with Gasteiger partial charge in [0.15, 0.2) is 11.5 Å². The van der Waals surface area contributed by atoms with Gasteiger partial charge in [-0.05, 0) is 49.1 Å². The molecule has 1 saturated heterocycles. The van der Waals surface area contributed by atoms with Crippen LogP contribution in [-0.4, -0.2) is 54.1 Å². The number of piperazine rings is 1. The van der Waals surface area contributed by atoms with Crippen LogP contribution in [-0.2, 0) is 11.2 Å². The number of phenolic OH excluding ortho intramolecular Hbond substituents is 1. The number of fused-ring (bicyclic) bond motifs is 3. The first-order valence-corrected chi connectivity index (χ1v) is 8.32. The second kappa shape index (κ2) is 6.04. The smallest absolute Gasteiger partial charge is 0.240 e. The molecule has 126 valence electrons. The summed E-state index contributed by atoms with van der Waals surface area (Å²) < 4.78 is 5.25. The summed E-state index contributed by atoms with van der Waals surface area (Å²) in [6.45, 7) is 5.87. The van der Waals surface area contributed by atoms with E-state index in [1.165, 1.54) is 0 Å². The van der Waals surface area contributed by atoms with Gasteiger partial charge in [-0.25, -0.2) is 0 Å². The Bertz CT molecular complexity index is 615. The highest BCUT2D eigenvalue weighted by atomic mass is 16.5. The van der Waals surface area contributed by atoms with Crippen LogP contribution in [0.3, 0.4) is 0 Å². The van der Waals surface area contributed by atoms with E-state index in [2.05, 4.69) is 18.7 Å². The van der Waals surface area contributed by atoms with Crippen LogP contribution in [0.4, 0.5) is 0 Å². The molecule has 1 aromatic carbocycles. The number of carbonyl (C=O) groups is 1. The van der Waals surface area contributed by atoms with Crippen LogP contribution < -0.4 is 4.74 Å². The van der Waals surface area contributed by atoms with Gasteiger partial charge >= 0.3 is 0 Å². The lowest BCUT2D eigenvalue weighted by molar-refractivity contribution is -0.146. The minimum absolute atomic E-state index is 0.0215. The quantitative estimate of drug-likeness (QED) is 0.928. The predicted molar refractivity (Wildman–Crippen MR) is 88.7 cm³/mol. The Morgan fingerprint density at radius 3 is 2.78 bits per heavy atom. The topological polar surface area (TPSA) is 53.0 Å². The summed E-state index contributed by atoms with van der Waals surface area (Å²) in [5.41, 5.74) is 2.22. The number of ether oxygens (including phenoxy) is 1. The van der Waals surface area contributed by atoms with Crippen molar-refractivity contribution in [1.82, 2.24) is 9.80 Å². The predicted octanol–water partition coefficient (Wildman–Crippen LogP) is 2.19. The molecule has 2 aliphatic rings. The molecule has 0 saturated carbocycles. The number of likely N-dealkylation sites (N-methyl/N-ethyl adjacent to an activating group) is 1. The fraction of sp³-hybridized carbons (Fsp3) is 0.611. The van der Waals surface area contributed by atoms with Gasteiger partial charge in [0.25, 0.3) is 0 Å². The number of phenols is 1. The van der Waals surface area contributed by atoms with E-state index in [1.54, 1.807) is 13.2 Å². The van der Waals surface area contributed by atoms with Crippen LogP contribution in [0.15, 0.2) is 12.1 Å². The third kappa shape index (κ3) is 2.78. The maximum Gasteiger partial charge on any atom is 0.240 e. The van der Waals surface area contributed by atoms with Crippen LogP contribution in [0.1, 0.15) is 37.4 Å². The average molecular weight is 318 g/mol. The number of amides is 1. The Balaban J connectivity index is 1.94. The molecule has 5 heteroatoms. The zero-order valence-corrected chi connectivity index (χ0v) is 14.4. The molecule has 1 aromatic rings. The number of hydrogen-bond acceptors (Lipinski definition) is 4. The first-order chi connectivity index (χ1) is 10.9. The summed E-state index contributed by atoms with van der Waals surface area (Å²) >= 11 is 0. The normalized spacial score (nSPS) is 24.6. The van der Waals surface area contributed by atoms with Gasteiger partial charge in [0.2, 0.25) is 5.91 Å². The molecular formula is C18H26N2O3. The molecule has 3 rings (SSSR count). The van der Waals surface area contributed by atoms with E-state index in [4.69, 9.17) is 4.74 Å². The maximum atomic E-state index is 12.9. The van der Waals surface area contributed by atoms with Crippen LogP contribution in [0.25, 0.3) is 0 Å². The van der Waals surface area contributed by atoms with E-state index in [0.29, 0.717) is 11.7 Å². The molecule has 0 aliphatic carbocycles. The molecule has 1 fully saturated rings. The summed E-state index contributed by atoms with van der Waals surface area (Å²) in [5, 5.41) is 9.99. The van der Waals surface area contributed by atoms with Crippen molar-refractivity contribution in [1.29, 1.82) is 0 Å². The van der Waals surface area contributed by atoms with Gasteiger partial charge in [-0.15, -0.1) is 0 Å². The van der Waals surface area contributed by atoms with Gasteiger partial charge in [-0.3, -0.25) is 9.69 Å². The Kier molecular flexibility index (Phi) is 4.23. The van der Waals surface area contributed by atoms with Crippen molar-refractivity contribution >= 4 is 5.91 Å². The maximum absolute atomic E-state index is 12.9. The average Bonchev–Trinajstić information content (AvgIpc) is 2.50. The number of methoxy groups -OCH3 is 1.